The van der Waals surface area contributed by atoms with E-state index >= 15 is 0 Å². The molecule has 1 aromatic carbocycles. The van der Waals surface area contributed by atoms with Gasteiger partial charge in [0.2, 0.25) is 0 Å². The standard InChI is InChI=1S/C20H19BrN2O4S/c1-11-9-14(12(2)22(11)16-7-5-15(21)6-8-16)10-17-18(24)23(20(26)28-17)13(3)19(25)27-4/h5-10,13H,1-4H3/b17-10-/t13-/m1/s1. The van der Waals surface area contributed by atoms with E-state index in [1.54, 1.807) is 6.08 Å². The molecule has 1 saturated heterocycles. The minimum absolute atomic E-state index is 0.289. The fourth-order valence-electron chi connectivity index (χ4n) is 3.15. The molecule has 6 nitrogen and oxygen atoms in total. The summed E-state index contributed by atoms with van der Waals surface area (Å²) in [6, 6.07) is 8.94. The second-order valence-corrected chi connectivity index (χ2v) is 8.30. The SMILES string of the molecule is COC(=O)[C@@H](C)N1C(=O)S/C(=C\c2cc(C)n(-c3ccc(Br)cc3)c2C)C1=O. The molecule has 0 bridgehead atoms. The van der Waals surface area contributed by atoms with E-state index < -0.39 is 23.2 Å². The zero-order valence-electron chi connectivity index (χ0n) is 15.9. The number of imide groups is 1. The zero-order valence-corrected chi connectivity index (χ0v) is 18.3. The highest BCUT2D eigenvalue weighted by molar-refractivity contribution is 9.10. The molecular weight excluding hydrogens is 444 g/mol. The molecule has 1 aromatic heterocycles. The highest BCUT2D eigenvalue weighted by Gasteiger charge is 2.41. The third-order valence-corrected chi connectivity index (χ3v) is 6.01. The van der Waals surface area contributed by atoms with E-state index in [0.29, 0.717) is 0 Å². The van der Waals surface area contributed by atoms with Crippen LogP contribution < -0.4 is 0 Å². The lowest BCUT2D eigenvalue weighted by Gasteiger charge is -2.18. The molecule has 2 aromatic rings. The first kappa shape index (κ1) is 20.4. The normalized spacial score (nSPS) is 16.8. The van der Waals surface area contributed by atoms with Crippen LogP contribution >= 0.6 is 27.7 Å². The van der Waals surface area contributed by atoms with Crippen molar-refractivity contribution in [3.05, 3.63) is 56.7 Å². The lowest BCUT2D eigenvalue weighted by atomic mass is 10.2. The van der Waals surface area contributed by atoms with Crippen molar-refractivity contribution in [2.75, 3.05) is 7.11 Å². The van der Waals surface area contributed by atoms with Crippen LogP contribution in [-0.4, -0.2) is 39.7 Å². The summed E-state index contributed by atoms with van der Waals surface area (Å²) in [5, 5.41) is -0.476. The van der Waals surface area contributed by atoms with Gasteiger partial charge in [0.25, 0.3) is 11.1 Å². The van der Waals surface area contributed by atoms with Gasteiger partial charge in [0, 0.05) is 21.5 Å². The number of rotatable bonds is 4. The Labute approximate surface area is 175 Å². The summed E-state index contributed by atoms with van der Waals surface area (Å²) in [6.07, 6.45) is 1.70. The van der Waals surface area contributed by atoms with Gasteiger partial charge < -0.3 is 9.30 Å². The monoisotopic (exact) mass is 462 g/mol. The second kappa shape index (κ2) is 7.97. The van der Waals surface area contributed by atoms with Crippen molar-refractivity contribution < 1.29 is 19.1 Å². The molecule has 1 fully saturated rings. The summed E-state index contributed by atoms with van der Waals surface area (Å²) in [5.41, 5.74) is 3.81. The van der Waals surface area contributed by atoms with Gasteiger partial charge in [-0.05, 0) is 74.5 Å². The molecule has 3 rings (SSSR count). The summed E-state index contributed by atoms with van der Waals surface area (Å²) in [7, 11) is 1.23. The first-order chi connectivity index (χ1) is 13.2. The first-order valence-corrected chi connectivity index (χ1v) is 10.1. The average Bonchev–Trinajstić information content (AvgIpc) is 3.10. The van der Waals surface area contributed by atoms with Crippen LogP contribution in [0.2, 0.25) is 0 Å². The third kappa shape index (κ3) is 3.66. The molecule has 0 aliphatic carbocycles. The number of methoxy groups -OCH3 is 1. The fourth-order valence-corrected chi connectivity index (χ4v) is 4.32. The number of hydrogen-bond donors (Lipinski definition) is 0. The quantitative estimate of drug-likeness (QED) is 0.495. The Hall–Kier alpha value is -2.32. The lowest BCUT2D eigenvalue weighted by molar-refractivity contribution is -0.148. The number of thioether (sulfide) groups is 1. The number of ether oxygens (including phenoxy) is 1. The molecule has 1 aliphatic rings. The van der Waals surface area contributed by atoms with Crippen LogP contribution in [0.4, 0.5) is 4.79 Å². The maximum absolute atomic E-state index is 12.7. The molecule has 2 amide bonds. The minimum Gasteiger partial charge on any atom is -0.467 e. The number of aryl methyl sites for hydroxylation is 1. The number of benzene rings is 1. The average molecular weight is 463 g/mol. The van der Waals surface area contributed by atoms with Gasteiger partial charge in [-0.25, -0.2) is 4.79 Å². The van der Waals surface area contributed by atoms with Gasteiger partial charge in [0.05, 0.1) is 12.0 Å². The van der Waals surface area contributed by atoms with Gasteiger partial charge in [0.1, 0.15) is 6.04 Å². The highest BCUT2D eigenvalue weighted by Crippen LogP contribution is 2.35. The van der Waals surface area contributed by atoms with Crippen LogP contribution in [0.3, 0.4) is 0 Å². The van der Waals surface area contributed by atoms with Gasteiger partial charge >= 0.3 is 5.97 Å². The topological polar surface area (TPSA) is 68.6 Å². The molecule has 0 radical (unpaired) electrons. The summed E-state index contributed by atoms with van der Waals surface area (Å²) >= 11 is 4.26. The van der Waals surface area contributed by atoms with Gasteiger partial charge in [-0.3, -0.25) is 14.5 Å². The van der Waals surface area contributed by atoms with E-state index in [1.165, 1.54) is 14.0 Å². The van der Waals surface area contributed by atoms with Crippen molar-refractivity contribution in [2.45, 2.75) is 26.8 Å². The smallest absolute Gasteiger partial charge is 0.328 e. The van der Waals surface area contributed by atoms with E-state index in [-0.39, 0.29) is 4.91 Å². The van der Waals surface area contributed by atoms with E-state index in [9.17, 15) is 14.4 Å². The van der Waals surface area contributed by atoms with Crippen LogP contribution in [0.15, 0.2) is 39.7 Å². The number of esters is 1. The Bertz CT molecular complexity index is 994. The molecule has 8 heteroatoms. The first-order valence-electron chi connectivity index (χ1n) is 8.54. The number of aromatic nitrogens is 1. The van der Waals surface area contributed by atoms with E-state index in [0.717, 1.165) is 43.8 Å². The number of amides is 2. The van der Waals surface area contributed by atoms with Crippen LogP contribution in [-0.2, 0) is 14.3 Å². The molecule has 0 spiro atoms. The molecule has 28 heavy (non-hydrogen) atoms. The summed E-state index contributed by atoms with van der Waals surface area (Å²) in [4.78, 5) is 37.9. The van der Waals surface area contributed by atoms with Crippen LogP contribution in [0.5, 0.6) is 0 Å². The van der Waals surface area contributed by atoms with Crippen molar-refractivity contribution >= 4 is 50.9 Å². The molecule has 1 aliphatic heterocycles. The number of carbonyl (C=O) groups excluding carboxylic acids is 3. The molecule has 0 unspecified atom stereocenters. The number of halogens is 1. The zero-order chi connectivity index (χ0) is 20.6. The Kier molecular flexibility index (Phi) is 5.81. The lowest BCUT2D eigenvalue weighted by Crippen LogP contribution is -2.42. The van der Waals surface area contributed by atoms with E-state index in [2.05, 4.69) is 25.2 Å². The maximum Gasteiger partial charge on any atom is 0.328 e. The number of carbonyl (C=O) groups is 3. The van der Waals surface area contributed by atoms with E-state index in [4.69, 9.17) is 0 Å². The fraction of sp³-hybridized carbons (Fsp3) is 0.250. The van der Waals surface area contributed by atoms with Crippen molar-refractivity contribution in [1.29, 1.82) is 0 Å². The molecule has 0 N–H and O–H groups in total. The van der Waals surface area contributed by atoms with Gasteiger partial charge in [-0.2, -0.15) is 0 Å². The Morgan fingerprint density at radius 2 is 1.86 bits per heavy atom. The van der Waals surface area contributed by atoms with Crippen molar-refractivity contribution in [3.63, 3.8) is 0 Å². The van der Waals surface area contributed by atoms with Crippen LogP contribution in [0.1, 0.15) is 23.9 Å². The largest absolute Gasteiger partial charge is 0.467 e. The predicted molar refractivity (Wildman–Crippen MR) is 112 cm³/mol. The summed E-state index contributed by atoms with van der Waals surface area (Å²) in [6.45, 7) is 5.42. The number of nitrogens with zero attached hydrogens (tertiary/aromatic N) is 2. The molecule has 0 saturated carbocycles. The van der Waals surface area contributed by atoms with Gasteiger partial charge in [-0.15, -0.1) is 0 Å². The molecule has 146 valence electrons. The van der Waals surface area contributed by atoms with Crippen molar-refractivity contribution in [2.24, 2.45) is 0 Å². The second-order valence-electron chi connectivity index (χ2n) is 6.39. The summed E-state index contributed by atoms with van der Waals surface area (Å²) < 4.78 is 7.73. The Morgan fingerprint density at radius 3 is 2.46 bits per heavy atom. The highest BCUT2D eigenvalue weighted by atomic mass is 79.9. The molecule has 2 heterocycles. The van der Waals surface area contributed by atoms with E-state index in [1.807, 2.05) is 44.2 Å². The maximum atomic E-state index is 12.7. The summed E-state index contributed by atoms with van der Waals surface area (Å²) in [5.74, 6) is -1.11. The van der Waals surface area contributed by atoms with Gasteiger partial charge in [0.15, 0.2) is 0 Å². The number of hydrogen-bond acceptors (Lipinski definition) is 5. The third-order valence-electron chi connectivity index (χ3n) is 4.59. The van der Waals surface area contributed by atoms with Crippen molar-refractivity contribution in [3.8, 4) is 5.69 Å². The Balaban J connectivity index is 1.95. The molecule has 1 atom stereocenters. The van der Waals surface area contributed by atoms with Crippen molar-refractivity contribution in [1.82, 2.24) is 9.47 Å². The Morgan fingerprint density at radius 1 is 1.21 bits per heavy atom. The predicted octanol–water partition coefficient (Wildman–Crippen LogP) is 4.45. The molecular formula is C20H19BrN2O4S. The van der Waals surface area contributed by atoms with Crippen LogP contribution in [0, 0.1) is 13.8 Å². The minimum atomic E-state index is -0.960. The van der Waals surface area contributed by atoms with Crippen LogP contribution in [0.25, 0.3) is 11.8 Å². The van der Waals surface area contributed by atoms with Gasteiger partial charge in [-0.1, -0.05) is 15.9 Å².